The lowest BCUT2D eigenvalue weighted by Crippen LogP contribution is -2.34. The third kappa shape index (κ3) is 3.71. The minimum absolute atomic E-state index is 0.147. The lowest BCUT2D eigenvalue weighted by Gasteiger charge is -2.17. The van der Waals surface area contributed by atoms with Crippen LogP contribution in [0.5, 0.6) is 5.75 Å². The van der Waals surface area contributed by atoms with Crippen molar-refractivity contribution in [3.8, 4) is 5.75 Å². The van der Waals surface area contributed by atoms with E-state index in [9.17, 15) is 9.18 Å². The number of hydrogen-bond acceptors (Lipinski definition) is 3. The number of nitrogens with one attached hydrogen (secondary N) is 2. The first-order valence-electron chi connectivity index (χ1n) is 5.36. The van der Waals surface area contributed by atoms with Crippen LogP contribution in [0.25, 0.3) is 0 Å². The summed E-state index contributed by atoms with van der Waals surface area (Å²) >= 11 is 0. The van der Waals surface area contributed by atoms with Crippen molar-refractivity contribution < 1.29 is 13.9 Å². The minimum atomic E-state index is -0.351. The second-order valence-electron chi connectivity index (χ2n) is 3.71. The molecule has 4 nitrogen and oxygen atoms in total. The van der Waals surface area contributed by atoms with Crippen molar-refractivity contribution in [3.05, 3.63) is 29.6 Å². The molecule has 0 radical (unpaired) electrons. The zero-order valence-corrected chi connectivity index (χ0v) is 10.2. The summed E-state index contributed by atoms with van der Waals surface area (Å²) < 4.78 is 18.3. The lowest BCUT2D eigenvalue weighted by molar-refractivity contribution is -0.120. The van der Waals surface area contributed by atoms with Gasteiger partial charge >= 0.3 is 0 Å². The Bertz CT molecular complexity index is 396. The van der Waals surface area contributed by atoms with Crippen LogP contribution in [-0.4, -0.2) is 26.6 Å². The quantitative estimate of drug-likeness (QED) is 0.814. The predicted octanol–water partition coefficient (Wildman–Crippen LogP) is 1.23. The number of rotatable bonds is 5. The van der Waals surface area contributed by atoms with Crippen LogP contribution in [0.1, 0.15) is 18.5 Å². The number of ether oxygens (including phenoxy) is 1. The van der Waals surface area contributed by atoms with Gasteiger partial charge < -0.3 is 15.4 Å². The Kier molecular flexibility index (Phi) is 4.90. The normalized spacial score (nSPS) is 12.0. The van der Waals surface area contributed by atoms with Gasteiger partial charge in [0.05, 0.1) is 19.7 Å². The van der Waals surface area contributed by atoms with Crippen LogP contribution in [0, 0.1) is 5.82 Å². The molecule has 0 aliphatic rings. The Balaban J connectivity index is 2.83. The molecule has 94 valence electrons. The number of likely N-dealkylation sites (N-methyl/N-ethyl adjacent to an activating group) is 1. The smallest absolute Gasteiger partial charge is 0.234 e. The predicted molar refractivity (Wildman–Crippen MR) is 63.4 cm³/mol. The van der Waals surface area contributed by atoms with Crippen LogP contribution in [0.4, 0.5) is 4.39 Å². The Morgan fingerprint density at radius 3 is 2.82 bits per heavy atom. The highest BCUT2D eigenvalue weighted by molar-refractivity contribution is 5.78. The summed E-state index contributed by atoms with van der Waals surface area (Å²) in [5, 5.41) is 5.50. The lowest BCUT2D eigenvalue weighted by atomic mass is 10.1. The van der Waals surface area contributed by atoms with E-state index in [-0.39, 0.29) is 24.3 Å². The molecule has 0 spiro atoms. The van der Waals surface area contributed by atoms with E-state index in [0.717, 1.165) is 0 Å². The largest absolute Gasteiger partial charge is 0.496 e. The first-order valence-corrected chi connectivity index (χ1v) is 5.36. The second kappa shape index (κ2) is 6.20. The van der Waals surface area contributed by atoms with Gasteiger partial charge in [0.1, 0.15) is 11.6 Å². The molecular formula is C12H17FN2O2. The fourth-order valence-electron chi connectivity index (χ4n) is 1.57. The van der Waals surface area contributed by atoms with Gasteiger partial charge in [0, 0.05) is 5.56 Å². The van der Waals surface area contributed by atoms with Crippen LogP contribution in [-0.2, 0) is 4.79 Å². The van der Waals surface area contributed by atoms with E-state index in [0.29, 0.717) is 11.3 Å². The summed E-state index contributed by atoms with van der Waals surface area (Å²) in [6, 6.07) is 3.93. The number of halogens is 1. The molecule has 1 amide bonds. The third-order valence-electron chi connectivity index (χ3n) is 2.37. The highest BCUT2D eigenvalue weighted by atomic mass is 19.1. The number of carbonyl (C=O) groups excluding carboxylic acids is 1. The van der Waals surface area contributed by atoms with Gasteiger partial charge in [-0.3, -0.25) is 4.79 Å². The minimum Gasteiger partial charge on any atom is -0.496 e. The average Bonchev–Trinajstić information content (AvgIpc) is 2.29. The van der Waals surface area contributed by atoms with Crippen molar-refractivity contribution in [3.63, 3.8) is 0 Å². The molecule has 0 aliphatic carbocycles. The molecule has 1 rings (SSSR count). The topological polar surface area (TPSA) is 50.4 Å². The van der Waals surface area contributed by atoms with E-state index in [1.54, 1.807) is 20.0 Å². The van der Waals surface area contributed by atoms with Crippen molar-refractivity contribution in [2.75, 3.05) is 20.7 Å². The standard InChI is InChI=1S/C12H17FN2O2/c1-8(15-12(16)7-14-2)10-6-9(13)4-5-11(10)17-3/h4-6,8,14H,7H2,1-3H3,(H,15,16). The van der Waals surface area contributed by atoms with Crippen molar-refractivity contribution in [1.29, 1.82) is 0 Å². The van der Waals surface area contributed by atoms with Gasteiger partial charge in [-0.05, 0) is 32.2 Å². The average molecular weight is 240 g/mol. The summed E-state index contributed by atoms with van der Waals surface area (Å²) in [4.78, 5) is 11.4. The monoisotopic (exact) mass is 240 g/mol. The molecule has 0 heterocycles. The Labute approximate surface area is 100 Å². The van der Waals surface area contributed by atoms with Crippen molar-refractivity contribution in [2.45, 2.75) is 13.0 Å². The molecule has 1 aromatic rings. The van der Waals surface area contributed by atoms with Crippen molar-refractivity contribution in [2.24, 2.45) is 0 Å². The molecule has 0 saturated heterocycles. The van der Waals surface area contributed by atoms with E-state index >= 15 is 0 Å². The number of carbonyl (C=O) groups is 1. The molecule has 0 aromatic heterocycles. The van der Waals surface area contributed by atoms with Crippen LogP contribution >= 0.6 is 0 Å². The second-order valence-corrected chi connectivity index (χ2v) is 3.71. The van der Waals surface area contributed by atoms with E-state index in [1.807, 2.05) is 0 Å². The molecule has 1 unspecified atom stereocenters. The van der Waals surface area contributed by atoms with Gasteiger partial charge in [0.25, 0.3) is 0 Å². The molecule has 0 aliphatic heterocycles. The van der Waals surface area contributed by atoms with E-state index < -0.39 is 0 Å². The molecule has 1 aromatic carbocycles. The van der Waals surface area contributed by atoms with Crippen LogP contribution in [0.15, 0.2) is 18.2 Å². The fraction of sp³-hybridized carbons (Fsp3) is 0.417. The molecule has 0 fully saturated rings. The summed E-state index contributed by atoms with van der Waals surface area (Å²) in [5.41, 5.74) is 0.622. The molecule has 0 bridgehead atoms. The Morgan fingerprint density at radius 2 is 2.24 bits per heavy atom. The van der Waals surface area contributed by atoms with Crippen LogP contribution < -0.4 is 15.4 Å². The zero-order chi connectivity index (χ0) is 12.8. The van der Waals surface area contributed by atoms with E-state index in [2.05, 4.69) is 10.6 Å². The zero-order valence-electron chi connectivity index (χ0n) is 10.2. The summed E-state index contributed by atoms with van der Waals surface area (Å²) in [6.45, 7) is 2.01. The molecule has 2 N–H and O–H groups in total. The molecule has 0 saturated carbocycles. The van der Waals surface area contributed by atoms with Gasteiger partial charge in [-0.25, -0.2) is 4.39 Å². The van der Waals surface area contributed by atoms with Crippen LogP contribution in [0.2, 0.25) is 0 Å². The number of benzene rings is 1. The molecule has 17 heavy (non-hydrogen) atoms. The Hall–Kier alpha value is -1.62. The first-order chi connectivity index (χ1) is 8.08. The van der Waals surface area contributed by atoms with Gasteiger partial charge in [-0.2, -0.15) is 0 Å². The number of methoxy groups -OCH3 is 1. The molecule has 5 heteroatoms. The van der Waals surface area contributed by atoms with Gasteiger partial charge in [-0.15, -0.1) is 0 Å². The Morgan fingerprint density at radius 1 is 1.53 bits per heavy atom. The highest BCUT2D eigenvalue weighted by Gasteiger charge is 2.14. The van der Waals surface area contributed by atoms with Gasteiger partial charge in [0.15, 0.2) is 0 Å². The fourth-order valence-corrected chi connectivity index (χ4v) is 1.57. The summed E-state index contributed by atoms with van der Waals surface area (Å²) in [7, 11) is 3.20. The SMILES string of the molecule is CNCC(=O)NC(C)c1cc(F)ccc1OC. The van der Waals surface area contributed by atoms with E-state index in [4.69, 9.17) is 4.74 Å². The van der Waals surface area contributed by atoms with Gasteiger partial charge in [0.2, 0.25) is 5.91 Å². The maximum absolute atomic E-state index is 13.1. The summed E-state index contributed by atoms with van der Waals surface area (Å²) in [6.07, 6.45) is 0. The summed E-state index contributed by atoms with van der Waals surface area (Å²) in [5.74, 6) is 0.0606. The first kappa shape index (κ1) is 13.4. The van der Waals surface area contributed by atoms with Crippen molar-refractivity contribution >= 4 is 5.91 Å². The van der Waals surface area contributed by atoms with Gasteiger partial charge in [-0.1, -0.05) is 0 Å². The maximum atomic E-state index is 13.1. The molecule has 1 atom stereocenters. The number of hydrogen-bond donors (Lipinski definition) is 2. The van der Waals surface area contributed by atoms with Crippen molar-refractivity contribution in [1.82, 2.24) is 10.6 Å². The van der Waals surface area contributed by atoms with E-state index in [1.165, 1.54) is 19.2 Å². The number of amides is 1. The maximum Gasteiger partial charge on any atom is 0.234 e. The van der Waals surface area contributed by atoms with Crippen LogP contribution in [0.3, 0.4) is 0 Å². The molecular weight excluding hydrogens is 223 g/mol. The third-order valence-corrected chi connectivity index (χ3v) is 2.37. The highest BCUT2D eigenvalue weighted by Crippen LogP contribution is 2.25.